The van der Waals surface area contributed by atoms with Crippen LogP contribution in [0, 0.1) is 0 Å². The Morgan fingerprint density at radius 1 is 0.955 bits per heavy atom. The number of nitrogens with zero attached hydrogens (tertiary/aromatic N) is 4. The van der Waals surface area contributed by atoms with Crippen molar-refractivity contribution in [3.8, 4) is 34.3 Å². The van der Waals surface area contributed by atoms with E-state index in [9.17, 15) is 19.5 Å². The molecule has 0 amide bonds. The fraction of sp³-hybridized carbons (Fsp3) is 0.182. The molecule has 0 aliphatic heterocycles. The number of benzene rings is 3. The normalized spacial score (nSPS) is 11.2. The number of Topliss-reactive ketones (excluding diaryl/α,β-unsaturated/α-hetero) is 1. The van der Waals surface area contributed by atoms with Crippen LogP contribution in [0.4, 0.5) is 0 Å². The predicted octanol–water partition coefficient (Wildman–Crippen LogP) is 4.91. The van der Waals surface area contributed by atoms with Crippen LogP contribution in [0.15, 0.2) is 93.0 Å². The summed E-state index contributed by atoms with van der Waals surface area (Å²) in [7, 11) is 0. The van der Waals surface area contributed by atoms with Crippen LogP contribution < -0.4 is 21.1 Å². The molecule has 0 spiro atoms. The first-order valence-corrected chi connectivity index (χ1v) is 14.9. The minimum absolute atomic E-state index is 0.197. The Labute approximate surface area is 255 Å². The van der Waals surface area contributed by atoms with Gasteiger partial charge in [-0.05, 0) is 60.4 Å². The Balaban J connectivity index is 1.35. The number of carbonyl (C=O) groups is 1. The summed E-state index contributed by atoms with van der Waals surface area (Å²) in [5.41, 5.74) is 2.50. The number of aromatic nitrogens is 4. The molecule has 3 aromatic heterocycles. The summed E-state index contributed by atoms with van der Waals surface area (Å²) in [6.07, 6.45) is -0.0512. The summed E-state index contributed by atoms with van der Waals surface area (Å²) in [6, 6.07) is 23.5. The third-order valence-electron chi connectivity index (χ3n) is 7.26. The first kappa shape index (κ1) is 28.8. The smallest absolute Gasteiger partial charge is 0.332 e. The van der Waals surface area contributed by atoms with Crippen LogP contribution in [0.2, 0.25) is 0 Å². The van der Waals surface area contributed by atoms with Crippen molar-refractivity contribution in [2.24, 2.45) is 0 Å². The molecule has 0 saturated carbocycles. The van der Waals surface area contributed by atoms with Gasteiger partial charge in [0.15, 0.2) is 17.7 Å². The molecule has 222 valence electrons. The van der Waals surface area contributed by atoms with Crippen molar-refractivity contribution >= 4 is 27.3 Å². The van der Waals surface area contributed by atoms with Gasteiger partial charge in [0.05, 0.1) is 25.1 Å². The quantitative estimate of drug-likeness (QED) is 0.201. The lowest BCUT2D eigenvalue weighted by Crippen LogP contribution is -2.41. The van der Waals surface area contributed by atoms with E-state index in [2.05, 4.69) is 14.7 Å². The van der Waals surface area contributed by atoms with Crippen LogP contribution in [-0.4, -0.2) is 31.7 Å². The predicted molar refractivity (Wildman–Crippen MR) is 165 cm³/mol. The molecule has 0 bridgehead atoms. The summed E-state index contributed by atoms with van der Waals surface area (Å²) in [5, 5.41) is 15.6. The van der Waals surface area contributed by atoms with Crippen LogP contribution in [0.25, 0.3) is 32.7 Å². The van der Waals surface area contributed by atoms with Crippen molar-refractivity contribution in [3.05, 3.63) is 116 Å². The average molecular weight is 608 g/mol. The lowest BCUT2D eigenvalue weighted by molar-refractivity contribution is -0.303. The molecule has 44 heavy (non-hydrogen) atoms. The van der Waals surface area contributed by atoms with Crippen LogP contribution in [0.1, 0.15) is 34.6 Å². The van der Waals surface area contributed by atoms with Gasteiger partial charge in [0.1, 0.15) is 10.6 Å². The largest absolute Gasteiger partial charge is 0.528 e. The number of hydrogen-bond acceptors (Lipinski definition) is 9. The molecule has 6 aromatic rings. The molecule has 0 atom stereocenters. The summed E-state index contributed by atoms with van der Waals surface area (Å²) < 4.78 is 12.7. The lowest BCUT2D eigenvalue weighted by atomic mass is 9.98. The highest BCUT2D eigenvalue weighted by Crippen LogP contribution is 2.31. The van der Waals surface area contributed by atoms with E-state index in [1.807, 2.05) is 62.4 Å². The van der Waals surface area contributed by atoms with Crippen LogP contribution >= 0.6 is 11.3 Å². The minimum atomic E-state index is -0.760. The van der Waals surface area contributed by atoms with Gasteiger partial charge in [-0.15, -0.1) is 11.3 Å². The Kier molecular flexibility index (Phi) is 7.95. The highest BCUT2D eigenvalue weighted by Gasteiger charge is 2.19. The molecule has 3 heterocycles. The summed E-state index contributed by atoms with van der Waals surface area (Å²) >= 11 is 1.41. The number of rotatable bonds is 10. The van der Waals surface area contributed by atoms with Gasteiger partial charge in [-0.3, -0.25) is 18.7 Å². The lowest BCUT2D eigenvalue weighted by Gasteiger charge is -2.13. The molecule has 0 aliphatic rings. The van der Waals surface area contributed by atoms with Crippen molar-refractivity contribution < 1.29 is 19.2 Å². The molecule has 0 fully saturated rings. The van der Waals surface area contributed by atoms with Gasteiger partial charge in [0, 0.05) is 16.0 Å². The van der Waals surface area contributed by atoms with E-state index in [1.54, 1.807) is 34.9 Å². The van der Waals surface area contributed by atoms with E-state index in [0.717, 1.165) is 26.1 Å². The summed E-state index contributed by atoms with van der Waals surface area (Å²) in [4.78, 5) is 45.9. The number of ketones is 1. The van der Waals surface area contributed by atoms with Gasteiger partial charge in [-0.25, -0.2) is 9.78 Å². The monoisotopic (exact) mass is 607 g/mol. The molecule has 0 radical (unpaired) electrons. The first-order valence-electron chi connectivity index (χ1n) is 14.1. The van der Waals surface area contributed by atoms with E-state index < -0.39 is 17.3 Å². The SMILES string of the molecule is CCOc1ccc(C(=O)Cn2c(=O)c3cc(CC)sc3n(Cc3ccc(-c4ccccc4-c4noc([O-])n4)cc3)c2=O)cc1. The Hall–Kier alpha value is -5.29. The van der Waals surface area contributed by atoms with Gasteiger partial charge < -0.3 is 14.4 Å². The van der Waals surface area contributed by atoms with Gasteiger partial charge in [-0.2, -0.15) is 5.16 Å². The minimum Gasteiger partial charge on any atom is -0.528 e. The second-order valence-corrected chi connectivity index (χ2v) is 11.2. The highest BCUT2D eigenvalue weighted by molar-refractivity contribution is 7.18. The van der Waals surface area contributed by atoms with Crippen molar-refractivity contribution in [3.63, 3.8) is 0 Å². The zero-order valence-electron chi connectivity index (χ0n) is 24.0. The van der Waals surface area contributed by atoms with Gasteiger partial charge in [0.25, 0.3) is 5.56 Å². The van der Waals surface area contributed by atoms with E-state index in [4.69, 9.17) is 4.74 Å². The van der Waals surface area contributed by atoms with Gasteiger partial charge in [0.2, 0.25) is 0 Å². The van der Waals surface area contributed by atoms with Crippen molar-refractivity contribution in [2.45, 2.75) is 33.4 Å². The molecule has 11 heteroatoms. The van der Waals surface area contributed by atoms with Gasteiger partial charge >= 0.3 is 5.69 Å². The number of thiophene rings is 1. The fourth-order valence-corrected chi connectivity index (χ4v) is 6.14. The van der Waals surface area contributed by atoms with Crippen LogP contribution in [0.5, 0.6) is 11.8 Å². The van der Waals surface area contributed by atoms with Crippen molar-refractivity contribution in [2.75, 3.05) is 6.61 Å². The Morgan fingerprint density at radius 2 is 1.68 bits per heavy atom. The van der Waals surface area contributed by atoms with E-state index in [0.29, 0.717) is 40.1 Å². The zero-order chi connectivity index (χ0) is 30.8. The molecule has 10 nitrogen and oxygen atoms in total. The Bertz CT molecular complexity index is 2090. The van der Waals surface area contributed by atoms with Crippen molar-refractivity contribution in [1.29, 1.82) is 0 Å². The highest BCUT2D eigenvalue weighted by atomic mass is 32.1. The number of aryl methyl sites for hydroxylation is 1. The number of fused-ring (bicyclic) bond motifs is 1. The third kappa shape index (κ3) is 5.57. The molecule has 0 unspecified atom stereocenters. The zero-order valence-corrected chi connectivity index (χ0v) is 24.8. The van der Waals surface area contributed by atoms with Crippen molar-refractivity contribution in [1.82, 2.24) is 19.3 Å². The average Bonchev–Trinajstić information content (AvgIpc) is 3.69. The van der Waals surface area contributed by atoms with Gasteiger partial charge in [-0.1, -0.05) is 55.5 Å². The number of carbonyl (C=O) groups excluding carboxylic acids is 1. The molecule has 3 aromatic carbocycles. The van der Waals surface area contributed by atoms with Crippen LogP contribution in [0.3, 0.4) is 0 Å². The molecule has 0 aliphatic carbocycles. The molecular weight excluding hydrogens is 580 g/mol. The van der Waals surface area contributed by atoms with E-state index >= 15 is 0 Å². The van der Waals surface area contributed by atoms with E-state index in [1.165, 1.54) is 11.3 Å². The molecule has 6 rings (SSSR count). The number of ether oxygens (including phenoxy) is 1. The maximum absolute atomic E-state index is 13.8. The van der Waals surface area contributed by atoms with Crippen LogP contribution in [-0.2, 0) is 19.5 Å². The first-order chi connectivity index (χ1) is 21.4. The topological polar surface area (TPSA) is 132 Å². The maximum Gasteiger partial charge on any atom is 0.332 e. The summed E-state index contributed by atoms with van der Waals surface area (Å²) in [5.74, 6) is 0.490. The Morgan fingerprint density at radius 3 is 2.34 bits per heavy atom. The van der Waals surface area contributed by atoms with E-state index in [-0.39, 0.29) is 24.7 Å². The standard InChI is InChI=1S/C33H28N4O6S/c1-3-24-17-27-30(39)36(19-28(38)22-13-15-23(16-14-22)42-4-2)33(41)37(31(27)44-24)18-20-9-11-21(12-10-20)25-7-5-6-8-26(25)29-34-32(40)43-35-29/h5-17H,3-4,18-19H2,1-2H3,(H,34,35,40)/p-1. The molecular formula is C33H27N4O6S-. The fourth-order valence-electron chi connectivity index (χ4n) is 5.06. The maximum atomic E-state index is 13.8. The summed E-state index contributed by atoms with van der Waals surface area (Å²) in [6.45, 7) is 4.18. The molecule has 0 saturated heterocycles. The number of hydrogen-bond donors (Lipinski definition) is 0. The second-order valence-electron chi connectivity index (χ2n) is 10.1. The second kappa shape index (κ2) is 12.1. The third-order valence-corrected chi connectivity index (χ3v) is 8.57. The molecule has 0 N–H and O–H groups in total.